The van der Waals surface area contributed by atoms with Gasteiger partial charge in [0, 0.05) is 22.8 Å². The van der Waals surface area contributed by atoms with Gasteiger partial charge in [-0.15, -0.1) is 0 Å². The van der Waals surface area contributed by atoms with Crippen LogP contribution in [-0.2, 0) is 27.9 Å². The molecule has 1 aromatic heterocycles. The maximum absolute atomic E-state index is 13.6. The van der Waals surface area contributed by atoms with E-state index in [1.54, 1.807) is 54.6 Å². The van der Waals surface area contributed by atoms with E-state index in [0.717, 1.165) is 21.2 Å². The molecule has 0 spiro atoms. The number of benzene rings is 3. The molecule has 0 bridgehead atoms. The number of halogens is 1. The monoisotopic (exact) mass is 603 g/mol. The first-order valence-corrected chi connectivity index (χ1v) is 14.3. The van der Waals surface area contributed by atoms with Crippen LogP contribution in [-0.4, -0.2) is 18.6 Å². The summed E-state index contributed by atoms with van der Waals surface area (Å²) in [4.78, 5) is 12.8. The molecular weight excluding hydrogens is 578 g/mol. The van der Waals surface area contributed by atoms with Crippen LogP contribution < -0.4 is 5.32 Å². The van der Waals surface area contributed by atoms with E-state index in [2.05, 4.69) is 21.2 Å². The Morgan fingerprint density at radius 3 is 2.28 bits per heavy atom. The van der Waals surface area contributed by atoms with Gasteiger partial charge in [0.05, 0.1) is 11.4 Å². The van der Waals surface area contributed by atoms with Gasteiger partial charge in [0.15, 0.2) is 0 Å². The number of hydrogen-bond donors (Lipinski definition) is 1. The second-order valence-corrected chi connectivity index (χ2v) is 11.9. The number of nitriles is 1. The molecule has 1 N–H and O–H groups in total. The molecule has 0 aliphatic rings. The van der Waals surface area contributed by atoms with Gasteiger partial charge < -0.3 is 9.73 Å². The van der Waals surface area contributed by atoms with E-state index in [-0.39, 0.29) is 29.3 Å². The Bertz CT molecular complexity index is 1650. The second kappa shape index (κ2) is 12.3. The lowest BCUT2D eigenvalue weighted by Crippen LogP contribution is -2.30. The van der Waals surface area contributed by atoms with Gasteiger partial charge in [-0.25, -0.2) is 8.42 Å². The third kappa shape index (κ3) is 7.33. The van der Waals surface area contributed by atoms with Crippen LogP contribution in [0.5, 0.6) is 0 Å². The lowest BCUT2D eigenvalue weighted by Gasteiger charge is -2.21. The Kier molecular flexibility index (Phi) is 8.82. The normalized spacial score (nSPS) is 11.8. The number of nitrogens with zero attached hydrogens (tertiary/aromatic N) is 2. The summed E-state index contributed by atoms with van der Waals surface area (Å²) in [6, 6.07) is 26.5. The highest BCUT2D eigenvalue weighted by molar-refractivity contribution is 9.10. The molecule has 0 saturated heterocycles. The number of rotatable bonds is 9. The van der Waals surface area contributed by atoms with Crippen molar-refractivity contribution in [2.75, 3.05) is 5.32 Å². The molecule has 0 aliphatic carbocycles. The van der Waals surface area contributed by atoms with Gasteiger partial charge in [-0.1, -0.05) is 69.5 Å². The van der Waals surface area contributed by atoms with Crippen molar-refractivity contribution in [1.29, 1.82) is 5.26 Å². The van der Waals surface area contributed by atoms with Crippen LogP contribution in [0.3, 0.4) is 0 Å². The van der Waals surface area contributed by atoms with Gasteiger partial charge in [0.1, 0.15) is 23.2 Å². The topological polar surface area (TPSA) is 103 Å². The minimum atomic E-state index is -3.86. The van der Waals surface area contributed by atoms with E-state index in [4.69, 9.17) is 4.42 Å². The van der Waals surface area contributed by atoms with Gasteiger partial charge in [0.2, 0.25) is 10.0 Å². The van der Waals surface area contributed by atoms with Crippen molar-refractivity contribution in [3.8, 4) is 6.07 Å². The molecule has 0 saturated carbocycles. The van der Waals surface area contributed by atoms with E-state index in [1.807, 2.05) is 50.2 Å². The first-order chi connectivity index (χ1) is 18.6. The fourth-order valence-corrected chi connectivity index (χ4v) is 5.56. The molecule has 7 nitrogen and oxygen atoms in total. The molecule has 3 aromatic carbocycles. The lowest BCUT2D eigenvalue weighted by molar-refractivity contribution is -0.112. The Morgan fingerprint density at radius 2 is 1.64 bits per heavy atom. The van der Waals surface area contributed by atoms with Crippen LogP contribution in [0.25, 0.3) is 6.08 Å². The highest BCUT2D eigenvalue weighted by Gasteiger charge is 2.26. The molecule has 4 aromatic rings. The Hall–Kier alpha value is -3.97. The fourth-order valence-electron chi connectivity index (χ4n) is 3.77. The third-order valence-electron chi connectivity index (χ3n) is 5.89. The minimum absolute atomic E-state index is 0.0376. The number of carbonyl (C=O) groups is 1. The number of anilines is 1. The standard InChI is InChI=1S/C30H26BrN3O4S/c1-21-6-10-23(11-7-21)19-34(39(36,37)29-14-8-22(2)9-15-29)20-28-13-12-27(38-28)16-24(18-32)30(35)33-26-5-3-4-25(31)17-26/h3-17H,19-20H2,1-2H3,(H,33,35). The summed E-state index contributed by atoms with van der Waals surface area (Å²) in [6.07, 6.45) is 1.33. The predicted octanol–water partition coefficient (Wildman–Crippen LogP) is 6.60. The molecule has 0 unspecified atom stereocenters. The summed E-state index contributed by atoms with van der Waals surface area (Å²) in [5.74, 6) is 0.0409. The Morgan fingerprint density at radius 1 is 0.974 bits per heavy atom. The second-order valence-electron chi connectivity index (χ2n) is 9.01. The molecule has 39 heavy (non-hydrogen) atoms. The molecule has 198 valence electrons. The van der Waals surface area contributed by atoms with Gasteiger partial charge in [0.25, 0.3) is 5.91 Å². The smallest absolute Gasteiger partial charge is 0.266 e. The van der Waals surface area contributed by atoms with Crippen LogP contribution in [0.15, 0.2) is 104 Å². The molecule has 0 atom stereocenters. The fraction of sp³-hybridized carbons (Fsp3) is 0.133. The number of furan rings is 1. The zero-order valence-electron chi connectivity index (χ0n) is 21.4. The van der Waals surface area contributed by atoms with Crippen LogP contribution in [0.4, 0.5) is 5.69 Å². The summed E-state index contributed by atoms with van der Waals surface area (Å²) in [5, 5.41) is 12.2. The number of sulfonamides is 1. The van der Waals surface area contributed by atoms with E-state index in [1.165, 1.54) is 10.4 Å². The van der Waals surface area contributed by atoms with Gasteiger partial charge in [-0.3, -0.25) is 4.79 Å². The highest BCUT2D eigenvalue weighted by Crippen LogP contribution is 2.24. The van der Waals surface area contributed by atoms with Crippen molar-refractivity contribution >= 4 is 43.6 Å². The number of carbonyl (C=O) groups excluding carboxylic acids is 1. The van der Waals surface area contributed by atoms with Crippen LogP contribution in [0, 0.1) is 25.2 Å². The average Bonchev–Trinajstić information content (AvgIpc) is 3.35. The molecule has 0 radical (unpaired) electrons. The van der Waals surface area contributed by atoms with Gasteiger partial charge >= 0.3 is 0 Å². The largest absolute Gasteiger partial charge is 0.460 e. The summed E-state index contributed by atoms with van der Waals surface area (Å²) in [6.45, 7) is 3.97. The SMILES string of the molecule is Cc1ccc(CN(Cc2ccc(C=C(C#N)C(=O)Nc3cccc(Br)c3)o2)S(=O)(=O)c2ccc(C)cc2)cc1. The van der Waals surface area contributed by atoms with Gasteiger partial charge in [-0.2, -0.15) is 9.57 Å². The maximum Gasteiger partial charge on any atom is 0.266 e. The van der Waals surface area contributed by atoms with E-state index in [9.17, 15) is 18.5 Å². The van der Waals surface area contributed by atoms with Crippen LogP contribution >= 0.6 is 15.9 Å². The summed E-state index contributed by atoms with van der Waals surface area (Å²) in [5.41, 5.74) is 3.24. The molecule has 1 heterocycles. The molecule has 9 heteroatoms. The number of nitrogens with one attached hydrogen (secondary N) is 1. The van der Waals surface area contributed by atoms with Crippen molar-refractivity contribution in [1.82, 2.24) is 4.31 Å². The number of aryl methyl sites for hydroxylation is 2. The Labute approximate surface area is 236 Å². The number of hydrogen-bond acceptors (Lipinski definition) is 5. The van der Waals surface area contributed by atoms with E-state index < -0.39 is 15.9 Å². The quantitative estimate of drug-likeness (QED) is 0.171. The first-order valence-electron chi connectivity index (χ1n) is 12.0. The summed E-state index contributed by atoms with van der Waals surface area (Å²) in [7, 11) is -3.86. The van der Waals surface area contributed by atoms with Crippen LogP contribution in [0.1, 0.15) is 28.2 Å². The van der Waals surface area contributed by atoms with Crippen molar-refractivity contribution in [2.24, 2.45) is 0 Å². The summed E-state index contributed by atoms with van der Waals surface area (Å²) >= 11 is 3.35. The highest BCUT2D eigenvalue weighted by atomic mass is 79.9. The summed E-state index contributed by atoms with van der Waals surface area (Å²) < 4.78 is 35.2. The van der Waals surface area contributed by atoms with Crippen molar-refractivity contribution in [3.05, 3.63) is 123 Å². The molecule has 1 amide bonds. The molecule has 0 fully saturated rings. The molecule has 4 rings (SSSR count). The van der Waals surface area contributed by atoms with E-state index in [0.29, 0.717) is 11.4 Å². The average molecular weight is 605 g/mol. The molecular formula is C30H26BrN3O4S. The van der Waals surface area contributed by atoms with Crippen molar-refractivity contribution in [3.63, 3.8) is 0 Å². The third-order valence-corrected chi connectivity index (χ3v) is 8.19. The lowest BCUT2D eigenvalue weighted by atomic mass is 10.1. The van der Waals surface area contributed by atoms with Crippen molar-refractivity contribution in [2.45, 2.75) is 31.8 Å². The minimum Gasteiger partial charge on any atom is -0.460 e. The van der Waals surface area contributed by atoms with Crippen LogP contribution in [0.2, 0.25) is 0 Å². The predicted molar refractivity (Wildman–Crippen MR) is 154 cm³/mol. The Balaban J connectivity index is 1.58. The first kappa shape index (κ1) is 28.0. The number of amides is 1. The maximum atomic E-state index is 13.6. The van der Waals surface area contributed by atoms with Gasteiger partial charge in [-0.05, 0) is 61.9 Å². The van der Waals surface area contributed by atoms with Crippen molar-refractivity contribution < 1.29 is 17.6 Å². The zero-order valence-corrected chi connectivity index (χ0v) is 23.8. The zero-order chi connectivity index (χ0) is 28.0. The molecule has 0 aliphatic heterocycles. The van der Waals surface area contributed by atoms with E-state index >= 15 is 0 Å².